The van der Waals surface area contributed by atoms with E-state index >= 15 is 0 Å². The zero-order chi connectivity index (χ0) is 18.3. The van der Waals surface area contributed by atoms with Crippen molar-refractivity contribution in [1.29, 1.82) is 0 Å². The van der Waals surface area contributed by atoms with Crippen LogP contribution >= 0.6 is 0 Å². The van der Waals surface area contributed by atoms with Crippen LogP contribution in [-0.2, 0) is 9.53 Å². The van der Waals surface area contributed by atoms with E-state index in [4.69, 9.17) is 4.74 Å². The van der Waals surface area contributed by atoms with Crippen molar-refractivity contribution >= 4 is 11.9 Å². The van der Waals surface area contributed by atoms with E-state index in [2.05, 4.69) is 34.8 Å². The van der Waals surface area contributed by atoms with Crippen LogP contribution in [0.1, 0.15) is 59.8 Å². The largest absolute Gasteiger partial charge is 0.378 e. The molecule has 2 rings (SSSR count). The Labute approximate surface area is 152 Å². The fraction of sp³-hybridized carbons (Fsp3) is 0.895. The van der Waals surface area contributed by atoms with Crippen LogP contribution in [0, 0.1) is 11.3 Å². The van der Waals surface area contributed by atoms with Crippen LogP contribution in [0.5, 0.6) is 0 Å². The molecule has 0 saturated heterocycles. The van der Waals surface area contributed by atoms with E-state index in [1.54, 1.807) is 0 Å². The second kappa shape index (κ2) is 9.41. The monoisotopic (exact) mass is 352 g/mol. The number of hydrogen-bond donors (Lipinski definition) is 3. The van der Waals surface area contributed by atoms with Crippen LogP contribution in [0.2, 0.25) is 0 Å². The molecule has 144 valence electrons. The molecule has 0 aromatic carbocycles. The number of aliphatic imine (C=N–C) groups is 1. The van der Waals surface area contributed by atoms with Gasteiger partial charge in [-0.15, -0.1) is 0 Å². The normalized spacial score (nSPS) is 25.1. The Morgan fingerprint density at radius 2 is 1.96 bits per heavy atom. The van der Waals surface area contributed by atoms with Crippen molar-refractivity contribution in [3.8, 4) is 0 Å². The average Bonchev–Trinajstić information content (AvgIpc) is 3.10. The lowest BCUT2D eigenvalue weighted by Gasteiger charge is -2.54. The van der Waals surface area contributed by atoms with E-state index in [1.165, 1.54) is 25.7 Å². The second-order valence-corrected chi connectivity index (χ2v) is 7.52. The third kappa shape index (κ3) is 4.87. The highest BCUT2D eigenvalue weighted by Crippen LogP contribution is 2.54. The van der Waals surface area contributed by atoms with Gasteiger partial charge in [-0.25, -0.2) is 0 Å². The molecule has 0 radical (unpaired) electrons. The van der Waals surface area contributed by atoms with Crippen LogP contribution in [0.4, 0.5) is 0 Å². The summed E-state index contributed by atoms with van der Waals surface area (Å²) in [6.45, 7) is 10.7. The number of carbonyl (C=O) groups is 1. The van der Waals surface area contributed by atoms with Crippen LogP contribution in [-0.4, -0.2) is 50.3 Å². The first kappa shape index (κ1) is 20.0. The van der Waals surface area contributed by atoms with Crippen molar-refractivity contribution in [3.63, 3.8) is 0 Å². The minimum absolute atomic E-state index is 0.0167. The van der Waals surface area contributed by atoms with Gasteiger partial charge in [-0.05, 0) is 33.1 Å². The predicted octanol–water partition coefficient (Wildman–Crippen LogP) is 2.05. The quantitative estimate of drug-likeness (QED) is 0.355. The molecule has 0 aromatic rings. The van der Waals surface area contributed by atoms with E-state index in [0.717, 1.165) is 25.5 Å². The average molecular weight is 353 g/mol. The molecular weight excluding hydrogens is 316 g/mol. The number of carbonyl (C=O) groups excluding carboxylic acids is 1. The molecule has 0 aromatic heterocycles. The number of amides is 1. The summed E-state index contributed by atoms with van der Waals surface area (Å²) in [5.74, 6) is 0.951. The maximum Gasteiger partial charge on any atom is 0.222 e. The summed E-state index contributed by atoms with van der Waals surface area (Å²) in [4.78, 5) is 16.2. The summed E-state index contributed by atoms with van der Waals surface area (Å²) < 4.78 is 5.99. The SMILES string of the molecule is CCNC(=NCCNC(=O)C(C)C)NC1CC(OCC)C12CCCC2. The number of nitrogens with zero attached hydrogens (tertiary/aromatic N) is 1. The van der Waals surface area contributed by atoms with Gasteiger partial charge in [0.05, 0.1) is 12.6 Å². The maximum absolute atomic E-state index is 11.6. The van der Waals surface area contributed by atoms with E-state index in [-0.39, 0.29) is 17.2 Å². The minimum Gasteiger partial charge on any atom is -0.378 e. The molecular formula is C19H36N4O2. The van der Waals surface area contributed by atoms with Gasteiger partial charge in [0, 0.05) is 37.1 Å². The second-order valence-electron chi connectivity index (χ2n) is 7.52. The van der Waals surface area contributed by atoms with E-state index < -0.39 is 0 Å². The third-order valence-corrected chi connectivity index (χ3v) is 5.55. The summed E-state index contributed by atoms with van der Waals surface area (Å²) >= 11 is 0. The van der Waals surface area contributed by atoms with Crippen LogP contribution in [0.3, 0.4) is 0 Å². The highest BCUT2D eigenvalue weighted by Gasteiger charge is 2.56. The van der Waals surface area contributed by atoms with Crippen molar-refractivity contribution in [2.45, 2.75) is 71.9 Å². The predicted molar refractivity (Wildman–Crippen MR) is 102 cm³/mol. The van der Waals surface area contributed by atoms with Crippen molar-refractivity contribution in [1.82, 2.24) is 16.0 Å². The van der Waals surface area contributed by atoms with E-state index in [0.29, 0.717) is 25.2 Å². The molecule has 0 bridgehead atoms. The van der Waals surface area contributed by atoms with Gasteiger partial charge in [0.25, 0.3) is 0 Å². The molecule has 0 aliphatic heterocycles. The fourth-order valence-corrected chi connectivity index (χ4v) is 4.12. The first-order valence-corrected chi connectivity index (χ1v) is 9.97. The summed E-state index contributed by atoms with van der Waals surface area (Å²) in [5.41, 5.74) is 0.290. The van der Waals surface area contributed by atoms with Gasteiger partial charge < -0.3 is 20.7 Å². The highest BCUT2D eigenvalue weighted by molar-refractivity contribution is 5.80. The minimum atomic E-state index is 0.0167. The zero-order valence-electron chi connectivity index (χ0n) is 16.4. The maximum atomic E-state index is 11.6. The molecule has 1 amide bonds. The van der Waals surface area contributed by atoms with Crippen molar-refractivity contribution in [3.05, 3.63) is 0 Å². The lowest BCUT2D eigenvalue weighted by atomic mass is 9.60. The van der Waals surface area contributed by atoms with Crippen LogP contribution in [0.25, 0.3) is 0 Å². The van der Waals surface area contributed by atoms with Crippen molar-refractivity contribution in [2.75, 3.05) is 26.2 Å². The Bertz CT molecular complexity index is 458. The molecule has 2 aliphatic rings. The Hall–Kier alpha value is -1.30. The Balaban J connectivity index is 1.88. The third-order valence-electron chi connectivity index (χ3n) is 5.55. The molecule has 3 N–H and O–H groups in total. The number of ether oxygens (including phenoxy) is 1. The highest BCUT2D eigenvalue weighted by atomic mass is 16.5. The molecule has 2 atom stereocenters. The van der Waals surface area contributed by atoms with Gasteiger partial charge in [0.1, 0.15) is 0 Å². The van der Waals surface area contributed by atoms with E-state index in [9.17, 15) is 4.79 Å². The number of hydrogen-bond acceptors (Lipinski definition) is 3. The summed E-state index contributed by atoms with van der Waals surface area (Å²) in [7, 11) is 0. The summed E-state index contributed by atoms with van der Waals surface area (Å²) in [6.07, 6.45) is 6.55. The van der Waals surface area contributed by atoms with E-state index in [1.807, 2.05) is 13.8 Å². The fourth-order valence-electron chi connectivity index (χ4n) is 4.12. The van der Waals surface area contributed by atoms with Gasteiger partial charge in [-0.3, -0.25) is 9.79 Å². The summed E-state index contributed by atoms with van der Waals surface area (Å²) in [5, 5.41) is 9.88. The van der Waals surface area contributed by atoms with Crippen LogP contribution in [0.15, 0.2) is 4.99 Å². The molecule has 1 spiro atoms. The number of nitrogens with one attached hydrogen (secondary N) is 3. The van der Waals surface area contributed by atoms with Gasteiger partial charge in [-0.1, -0.05) is 26.7 Å². The zero-order valence-corrected chi connectivity index (χ0v) is 16.4. The lowest BCUT2D eigenvalue weighted by molar-refractivity contribution is -0.125. The number of guanidine groups is 1. The van der Waals surface area contributed by atoms with Gasteiger partial charge in [-0.2, -0.15) is 0 Å². The molecule has 0 heterocycles. The van der Waals surface area contributed by atoms with Crippen molar-refractivity contribution in [2.24, 2.45) is 16.3 Å². The summed E-state index contributed by atoms with van der Waals surface area (Å²) in [6, 6.07) is 0.439. The van der Waals surface area contributed by atoms with Crippen molar-refractivity contribution < 1.29 is 9.53 Å². The Morgan fingerprint density at radius 1 is 1.24 bits per heavy atom. The van der Waals surface area contributed by atoms with Gasteiger partial charge in [0.15, 0.2) is 5.96 Å². The molecule has 25 heavy (non-hydrogen) atoms. The Kier molecular flexibility index (Phi) is 7.54. The lowest BCUT2D eigenvalue weighted by Crippen LogP contribution is -2.65. The standard InChI is InChI=1S/C19H36N4O2/c1-5-20-18(22-12-11-21-17(24)14(3)4)23-15-13-16(25-6-2)19(15)9-7-8-10-19/h14-16H,5-13H2,1-4H3,(H,21,24)(H2,20,22,23). The molecule has 6 nitrogen and oxygen atoms in total. The first-order chi connectivity index (χ1) is 12.0. The molecule has 2 fully saturated rings. The smallest absolute Gasteiger partial charge is 0.222 e. The van der Waals surface area contributed by atoms with Gasteiger partial charge >= 0.3 is 0 Å². The molecule has 2 aliphatic carbocycles. The van der Waals surface area contributed by atoms with Gasteiger partial charge in [0.2, 0.25) is 5.91 Å². The molecule has 6 heteroatoms. The van der Waals surface area contributed by atoms with Crippen LogP contribution < -0.4 is 16.0 Å². The molecule has 2 unspecified atom stereocenters. The Morgan fingerprint density at radius 3 is 2.56 bits per heavy atom. The number of rotatable bonds is 8. The molecule has 2 saturated carbocycles. The topological polar surface area (TPSA) is 74.8 Å². The first-order valence-electron chi connectivity index (χ1n) is 9.97.